The molecular formula is C12H24N2. The van der Waals surface area contributed by atoms with Crippen molar-refractivity contribution in [3.8, 4) is 0 Å². The normalized spacial score (nSPS) is 34.9. The minimum absolute atomic E-state index is 0.622. The van der Waals surface area contributed by atoms with Gasteiger partial charge in [0.1, 0.15) is 0 Å². The lowest BCUT2D eigenvalue weighted by Gasteiger charge is -2.09. The van der Waals surface area contributed by atoms with Gasteiger partial charge in [-0.2, -0.15) is 0 Å². The summed E-state index contributed by atoms with van der Waals surface area (Å²) in [6, 6.07) is 0.622. The van der Waals surface area contributed by atoms with E-state index in [1.54, 1.807) is 0 Å². The van der Waals surface area contributed by atoms with E-state index < -0.39 is 0 Å². The molecule has 0 aliphatic heterocycles. The van der Waals surface area contributed by atoms with Gasteiger partial charge in [0.05, 0.1) is 0 Å². The quantitative estimate of drug-likeness (QED) is 0.631. The number of rotatable bonds is 6. The van der Waals surface area contributed by atoms with Crippen LogP contribution in [-0.4, -0.2) is 25.7 Å². The SMILES string of the molecule is CC(C)NCCNCC1C2CCCC21. The topological polar surface area (TPSA) is 24.1 Å². The highest BCUT2D eigenvalue weighted by molar-refractivity contribution is 5.01. The average molecular weight is 196 g/mol. The lowest BCUT2D eigenvalue weighted by Crippen LogP contribution is -2.32. The van der Waals surface area contributed by atoms with Crippen LogP contribution in [0.3, 0.4) is 0 Å². The molecule has 0 aromatic heterocycles. The number of fused-ring (bicyclic) bond motifs is 1. The lowest BCUT2D eigenvalue weighted by atomic mass is 10.1. The van der Waals surface area contributed by atoms with Crippen molar-refractivity contribution >= 4 is 0 Å². The zero-order chi connectivity index (χ0) is 9.97. The molecule has 2 unspecified atom stereocenters. The van der Waals surface area contributed by atoms with Crippen molar-refractivity contribution in [2.75, 3.05) is 19.6 Å². The summed E-state index contributed by atoms with van der Waals surface area (Å²) in [6.07, 6.45) is 4.53. The molecule has 2 nitrogen and oxygen atoms in total. The van der Waals surface area contributed by atoms with Gasteiger partial charge < -0.3 is 10.6 Å². The summed E-state index contributed by atoms with van der Waals surface area (Å²) in [5.74, 6) is 3.27. The van der Waals surface area contributed by atoms with Crippen LogP contribution < -0.4 is 10.6 Å². The van der Waals surface area contributed by atoms with Gasteiger partial charge in [-0.15, -0.1) is 0 Å². The van der Waals surface area contributed by atoms with Gasteiger partial charge in [0.2, 0.25) is 0 Å². The van der Waals surface area contributed by atoms with Crippen molar-refractivity contribution in [2.45, 2.75) is 39.2 Å². The Morgan fingerprint density at radius 1 is 1.14 bits per heavy atom. The molecule has 2 N–H and O–H groups in total. The summed E-state index contributed by atoms with van der Waals surface area (Å²) in [5, 5.41) is 7.00. The molecule has 82 valence electrons. The zero-order valence-electron chi connectivity index (χ0n) is 9.55. The minimum Gasteiger partial charge on any atom is -0.315 e. The Hall–Kier alpha value is -0.0800. The van der Waals surface area contributed by atoms with Crippen molar-refractivity contribution in [3.63, 3.8) is 0 Å². The molecule has 0 heterocycles. The van der Waals surface area contributed by atoms with Crippen LogP contribution in [0, 0.1) is 17.8 Å². The monoisotopic (exact) mass is 196 g/mol. The van der Waals surface area contributed by atoms with E-state index in [1.165, 1.54) is 25.8 Å². The van der Waals surface area contributed by atoms with Crippen LogP contribution in [0.2, 0.25) is 0 Å². The number of hydrogen-bond acceptors (Lipinski definition) is 2. The molecule has 0 aromatic rings. The molecule has 0 bridgehead atoms. The number of hydrogen-bond donors (Lipinski definition) is 2. The first-order chi connectivity index (χ1) is 6.79. The summed E-state index contributed by atoms with van der Waals surface area (Å²) < 4.78 is 0. The van der Waals surface area contributed by atoms with Gasteiger partial charge >= 0.3 is 0 Å². The highest BCUT2D eigenvalue weighted by atomic mass is 15.0. The molecule has 2 fully saturated rings. The van der Waals surface area contributed by atoms with Gasteiger partial charge in [0.25, 0.3) is 0 Å². The Balaban J connectivity index is 1.45. The molecule has 0 amide bonds. The Bertz CT molecular complexity index is 169. The zero-order valence-corrected chi connectivity index (χ0v) is 9.55. The van der Waals surface area contributed by atoms with Crippen LogP contribution in [0.25, 0.3) is 0 Å². The van der Waals surface area contributed by atoms with Gasteiger partial charge in [-0.3, -0.25) is 0 Å². The molecule has 0 saturated heterocycles. The van der Waals surface area contributed by atoms with Gasteiger partial charge in [-0.1, -0.05) is 20.3 Å². The van der Waals surface area contributed by atoms with E-state index in [0.29, 0.717) is 6.04 Å². The summed E-state index contributed by atoms with van der Waals surface area (Å²) in [4.78, 5) is 0. The minimum atomic E-state index is 0.622. The van der Waals surface area contributed by atoms with E-state index in [0.717, 1.165) is 30.8 Å². The first-order valence-electron chi connectivity index (χ1n) is 6.23. The van der Waals surface area contributed by atoms with Crippen molar-refractivity contribution in [2.24, 2.45) is 17.8 Å². The highest BCUT2D eigenvalue weighted by Gasteiger charge is 2.51. The lowest BCUT2D eigenvalue weighted by molar-refractivity contribution is 0.509. The van der Waals surface area contributed by atoms with Gasteiger partial charge in [0, 0.05) is 19.1 Å². The van der Waals surface area contributed by atoms with Crippen LogP contribution in [0.15, 0.2) is 0 Å². The fourth-order valence-electron chi connectivity index (χ4n) is 2.99. The average Bonchev–Trinajstić information content (AvgIpc) is 2.61. The van der Waals surface area contributed by atoms with Crippen molar-refractivity contribution < 1.29 is 0 Å². The molecule has 14 heavy (non-hydrogen) atoms. The van der Waals surface area contributed by atoms with Gasteiger partial charge in [-0.25, -0.2) is 0 Å². The van der Waals surface area contributed by atoms with Gasteiger partial charge in [0.15, 0.2) is 0 Å². The van der Waals surface area contributed by atoms with E-state index >= 15 is 0 Å². The summed E-state index contributed by atoms with van der Waals surface area (Å²) >= 11 is 0. The molecule has 2 heteroatoms. The van der Waals surface area contributed by atoms with E-state index in [4.69, 9.17) is 0 Å². The fourth-order valence-corrected chi connectivity index (χ4v) is 2.99. The maximum absolute atomic E-state index is 3.57. The Morgan fingerprint density at radius 3 is 2.50 bits per heavy atom. The summed E-state index contributed by atoms with van der Waals surface area (Å²) in [7, 11) is 0. The maximum atomic E-state index is 3.57. The third-order valence-electron chi connectivity index (χ3n) is 3.82. The third kappa shape index (κ3) is 2.48. The molecule has 2 saturated carbocycles. The van der Waals surface area contributed by atoms with E-state index in [9.17, 15) is 0 Å². The van der Waals surface area contributed by atoms with Gasteiger partial charge in [-0.05, 0) is 37.1 Å². The predicted octanol–water partition coefficient (Wildman–Crippen LogP) is 1.62. The molecule has 0 aromatic carbocycles. The molecule has 2 aliphatic carbocycles. The van der Waals surface area contributed by atoms with E-state index in [1.807, 2.05) is 0 Å². The van der Waals surface area contributed by atoms with E-state index in [-0.39, 0.29) is 0 Å². The maximum Gasteiger partial charge on any atom is 0.00790 e. The Morgan fingerprint density at radius 2 is 1.86 bits per heavy atom. The number of nitrogens with one attached hydrogen (secondary N) is 2. The Labute approximate surface area is 87.8 Å². The molecular weight excluding hydrogens is 172 g/mol. The largest absolute Gasteiger partial charge is 0.315 e. The second-order valence-electron chi connectivity index (χ2n) is 5.24. The second kappa shape index (κ2) is 4.63. The molecule has 2 aliphatic rings. The van der Waals surface area contributed by atoms with Crippen LogP contribution in [0.1, 0.15) is 33.1 Å². The first kappa shape index (κ1) is 10.4. The Kier molecular flexibility index (Phi) is 3.45. The van der Waals surface area contributed by atoms with Crippen LogP contribution in [0.4, 0.5) is 0 Å². The highest BCUT2D eigenvalue weighted by Crippen LogP contribution is 2.56. The predicted molar refractivity (Wildman–Crippen MR) is 60.3 cm³/mol. The van der Waals surface area contributed by atoms with Crippen LogP contribution in [0.5, 0.6) is 0 Å². The third-order valence-corrected chi connectivity index (χ3v) is 3.82. The van der Waals surface area contributed by atoms with Crippen LogP contribution in [-0.2, 0) is 0 Å². The summed E-state index contributed by atoms with van der Waals surface area (Å²) in [6.45, 7) is 7.92. The van der Waals surface area contributed by atoms with Crippen molar-refractivity contribution in [3.05, 3.63) is 0 Å². The standard InChI is InChI=1S/C12H24N2/c1-9(2)14-7-6-13-8-12-10-4-3-5-11(10)12/h9-14H,3-8H2,1-2H3. The molecule has 2 rings (SSSR count). The van der Waals surface area contributed by atoms with E-state index in [2.05, 4.69) is 24.5 Å². The van der Waals surface area contributed by atoms with Crippen LogP contribution >= 0.6 is 0 Å². The fraction of sp³-hybridized carbons (Fsp3) is 1.00. The smallest absolute Gasteiger partial charge is 0.00790 e. The van der Waals surface area contributed by atoms with Crippen molar-refractivity contribution in [1.29, 1.82) is 0 Å². The molecule has 0 spiro atoms. The summed E-state index contributed by atoms with van der Waals surface area (Å²) in [5.41, 5.74) is 0. The molecule has 2 atom stereocenters. The van der Waals surface area contributed by atoms with Crippen molar-refractivity contribution in [1.82, 2.24) is 10.6 Å². The first-order valence-corrected chi connectivity index (χ1v) is 6.23. The second-order valence-corrected chi connectivity index (χ2v) is 5.24. The molecule has 0 radical (unpaired) electrons.